The average molecular weight is 208 g/mol. The van der Waals surface area contributed by atoms with Gasteiger partial charge in [-0.05, 0) is 18.6 Å². The molecule has 6 heteroatoms. The Hall–Kier alpha value is -2.24. The number of hydrogen-bond acceptors (Lipinski definition) is 6. The molecule has 12 N–H and O–H groups in total. The molecule has 0 saturated carbocycles. The van der Waals surface area contributed by atoms with Gasteiger partial charge in [0.2, 0.25) is 0 Å². The van der Waals surface area contributed by atoms with Gasteiger partial charge in [0.05, 0.1) is 28.6 Å². The SMILES string of the molecule is Cc1c(N)c(N)c(N)c(N)c1C=C(N)N. The summed E-state index contributed by atoms with van der Waals surface area (Å²) in [5.41, 5.74) is 36.2. The smallest absolute Gasteiger partial charge is 0.0940 e. The molecule has 0 spiro atoms. The van der Waals surface area contributed by atoms with E-state index in [4.69, 9.17) is 34.4 Å². The zero-order chi connectivity index (χ0) is 11.7. The van der Waals surface area contributed by atoms with Crippen LogP contribution in [0.2, 0.25) is 0 Å². The molecule has 0 radical (unpaired) electrons. The second-order valence-corrected chi connectivity index (χ2v) is 3.34. The fraction of sp³-hybridized carbons (Fsp3) is 0.111. The van der Waals surface area contributed by atoms with Crippen LogP contribution < -0.4 is 34.4 Å². The fourth-order valence-electron chi connectivity index (χ4n) is 1.34. The minimum atomic E-state index is 0.133. The quantitative estimate of drug-likeness (QED) is 0.343. The van der Waals surface area contributed by atoms with Crippen LogP contribution in [0.15, 0.2) is 5.82 Å². The Morgan fingerprint density at radius 1 is 0.867 bits per heavy atom. The van der Waals surface area contributed by atoms with E-state index in [-0.39, 0.29) is 17.2 Å². The molecule has 0 unspecified atom stereocenters. The molecule has 0 aromatic heterocycles. The third kappa shape index (κ3) is 1.69. The Kier molecular flexibility index (Phi) is 2.52. The Labute approximate surface area is 87.9 Å². The van der Waals surface area contributed by atoms with Gasteiger partial charge in [0.25, 0.3) is 0 Å². The molecular weight excluding hydrogens is 192 g/mol. The molecule has 0 fully saturated rings. The second-order valence-electron chi connectivity index (χ2n) is 3.34. The normalized spacial score (nSPS) is 9.93. The van der Waals surface area contributed by atoms with Crippen molar-refractivity contribution in [1.29, 1.82) is 0 Å². The zero-order valence-corrected chi connectivity index (χ0v) is 8.54. The largest absolute Gasteiger partial charge is 0.397 e. The first-order valence-corrected chi connectivity index (χ1v) is 4.31. The molecule has 1 aromatic rings. The third-order valence-corrected chi connectivity index (χ3v) is 2.28. The molecule has 1 aromatic carbocycles. The topological polar surface area (TPSA) is 156 Å². The van der Waals surface area contributed by atoms with Gasteiger partial charge in [0.15, 0.2) is 0 Å². The van der Waals surface area contributed by atoms with Crippen LogP contribution in [0, 0.1) is 6.92 Å². The summed E-state index contributed by atoms with van der Waals surface area (Å²) < 4.78 is 0. The van der Waals surface area contributed by atoms with Gasteiger partial charge < -0.3 is 34.4 Å². The highest BCUT2D eigenvalue weighted by Crippen LogP contribution is 2.36. The van der Waals surface area contributed by atoms with Crippen molar-refractivity contribution >= 4 is 28.8 Å². The summed E-state index contributed by atoms with van der Waals surface area (Å²) in [6, 6.07) is 0. The number of anilines is 4. The van der Waals surface area contributed by atoms with E-state index in [1.807, 2.05) is 0 Å². The van der Waals surface area contributed by atoms with E-state index in [1.54, 1.807) is 6.92 Å². The number of hydrogen-bond donors (Lipinski definition) is 6. The molecule has 15 heavy (non-hydrogen) atoms. The highest BCUT2D eigenvalue weighted by Gasteiger charge is 2.13. The van der Waals surface area contributed by atoms with Crippen LogP contribution >= 0.6 is 0 Å². The molecule has 0 heterocycles. The van der Waals surface area contributed by atoms with Crippen molar-refractivity contribution in [3.63, 3.8) is 0 Å². The number of nitrogens with two attached hydrogens (primary N) is 6. The van der Waals surface area contributed by atoms with Crippen LogP contribution in [-0.4, -0.2) is 0 Å². The van der Waals surface area contributed by atoms with Crippen molar-refractivity contribution in [2.24, 2.45) is 11.5 Å². The van der Waals surface area contributed by atoms with Crippen LogP contribution in [0.1, 0.15) is 11.1 Å². The molecule has 0 bridgehead atoms. The van der Waals surface area contributed by atoms with E-state index in [1.165, 1.54) is 6.08 Å². The number of nitrogen functional groups attached to an aromatic ring is 4. The van der Waals surface area contributed by atoms with E-state index in [2.05, 4.69) is 0 Å². The van der Waals surface area contributed by atoms with E-state index in [9.17, 15) is 0 Å². The van der Waals surface area contributed by atoms with E-state index in [0.717, 1.165) is 0 Å². The van der Waals surface area contributed by atoms with Gasteiger partial charge in [-0.1, -0.05) is 0 Å². The van der Waals surface area contributed by atoms with Crippen molar-refractivity contribution in [2.75, 3.05) is 22.9 Å². The van der Waals surface area contributed by atoms with Gasteiger partial charge >= 0.3 is 0 Å². The summed E-state index contributed by atoms with van der Waals surface area (Å²) in [5, 5.41) is 0. The maximum absolute atomic E-state index is 5.79. The maximum atomic E-state index is 5.79. The molecule has 6 nitrogen and oxygen atoms in total. The highest BCUT2D eigenvalue weighted by atomic mass is 14.8. The predicted octanol–water partition coefficient (Wildman–Crippen LogP) is -0.460. The lowest BCUT2D eigenvalue weighted by atomic mass is 10.0. The lowest BCUT2D eigenvalue weighted by Crippen LogP contribution is -2.11. The van der Waals surface area contributed by atoms with Crippen molar-refractivity contribution in [3.05, 3.63) is 16.9 Å². The maximum Gasteiger partial charge on any atom is 0.0940 e. The number of benzene rings is 1. The lowest BCUT2D eigenvalue weighted by molar-refractivity contribution is 1.27. The summed E-state index contributed by atoms with van der Waals surface area (Å²) in [4.78, 5) is 0. The highest BCUT2D eigenvalue weighted by molar-refractivity contribution is 5.94. The van der Waals surface area contributed by atoms with Gasteiger partial charge in [0, 0.05) is 5.56 Å². The van der Waals surface area contributed by atoms with E-state index >= 15 is 0 Å². The molecular formula is C9H16N6. The van der Waals surface area contributed by atoms with E-state index in [0.29, 0.717) is 22.5 Å². The van der Waals surface area contributed by atoms with Crippen LogP contribution in [0.5, 0.6) is 0 Å². The second kappa shape index (κ2) is 3.49. The van der Waals surface area contributed by atoms with Crippen molar-refractivity contribution < 1.29 is 0 Å². The van der Waals surface area contributed by atoms with Crippen LogP contribution in [0.3, 0.4) is 0 Å². The zero-order valence-electron chi connectivity index (χ0n) is 8.54. The molecule has 82 valence electrons. The molecule has 0 amide bonds. The summed E-state index contributed by atoms with van der Waals surface area (Å²) in [5.74, 6) is 0.133. The van der Waals surface area contributed by atoms with E-state index < -0.39 is 0 Å². The Balaban J connectivity index is 3.60. The summed E-state index contributed by atoms with van der Waals surface area (Å²) in [7, 11) is 0. The predicted molar refractivity (Wildman–Crippen MR) is 65.2 cm³/mol. The molecule has 0 aliphatic heterocycles. The van der Waals surface area contributed by atoms with Gasteiger partial charge in [-0.3, -0.25) is 0 Å². The first-order valence-electron chi connectivity index (χ1n) is 4.31. The Morgan fingerprint density at radius 3 is 1.80 bits per heavy atom. The molecule has 0 aliphatic carbocycles. The monoisotopic (exact) mass is 208 g/mol. The van der Waals surface area contributed by atoms with Crippen LogP contribution in [-0.2, 0) is 0 Å². The summed E-state index contributed by atoms with van der Waals surface area (Å²) in [6.45, 7) is 1.77. The van der Waals surface area contributed by atoms with Crippen molar-refractivity contribution in [2.45, 2.75) is 6.92 Å². The Bertz CT molecular complexity index is 402. The first kappa shape index (κ1) is 10.8. The Morgan fingerprint density at radius 2 is 1.33 bits per heavy atom. The van der Waals surface area contributed by atoms with Crippen LogP contribution in [0.25, 0.3) is 6.08 Å². The first-order chi connectivity index (χ1) is 6.86. The molecule has 0 aliphatic rings. The number of rotatable bonds is 1. The van der Waals surface area contributed by atoms with Crippen molar-refractivity contribution in [1.82, 2.24) is 0 Å². The van der Waals surface area contributed by atoms with Crippen molar-refractivity contribution in [3.8, 4) is 0 Å². The minimum absolute atomic E-state index is 0.133. The minimum Gasteiger partial charge on any atom is -0.397 e. The lowest BCUT2D eigenvalue weighted by Gasteiger charge is -2.15. The standard InChI is InChI=1S/C9H16N6/c1-3-4(2-5(10)11)7(13)9(15)8(14)6(3)12/h2H,10-15H2,1H3. The van der Waals surface area contributed by atoms with Gasteiger partial charge in [-0.15, -0.1) is 0 Å². The van der Waals surface area contributed by atoms with Gasteiger partial charge in [-0.2, -0.15) is 0 Å². The van der Waals surface area contributed by atoms with Gasteiger partial charge in [0.1, 0.15) is 0 Å². The molecule has 0 saturated heterocycles. The van der Waals surface area contributed by atoms with Crippen LogP contribution in [0.4, 0.5) is 22.7 Å². The molecule has 0 atom stereocenters. The summed E-state index contributed by atoms with van der Waals surface area (Å²) >= 11 is 0. The van der Waals surface area contributed by atoms with Gasteiger partial charge in [-0.25, -0.2) is 0 Å². The average Bonchev–Trinajstić information content (AvgIpc) is 2.18. The molecule has 1 rings (SSSR count). The fourth-order valence-corrected chi connectivity index (χ4v) is 1.34. The third-order valence-electron chi connectivity index (χ3n) is 2.28. The summed E-state index contributed by atoms with van der Waals surface area (Å²) in [6.07, 6.45) is 1.51.